The molecule has 1 rings (SSSR count). The molecule has 21 heavy (non-hydrogen) atoms. The number of carboxylic acid groups (broad SMARTS) is 1. The minimum absolute atomic E-state index is 0.133. The highest BCUT2D eigenvalue weighted by Crippen LogP contribution is 2.28. The molecule has 0 aromatic heterocycles. The normalized spacial score (nSPS) is 17.4. The smallest absolute Gasteiger partial charge is 0.303 e. The molecule has 5 heteroatoms. The SMILES string of the molecule is CCCCNC(=O)C1(NCCCCC(=O)O)CCCCC1. The maximum atomic E-state index is 12.5. The van der Waals surface area contributed by atoms with Crippen molar-refractivity contribution < 1.29 is 14.7 Å². The number of amides is 1. The number of hydrogen-bond donors (Lipinski definition) is 3. The van der Waals surface area contributed by atoms with Crippen LogP contribution in [0.25, 0.3) is 0 Å². The molecule has 0 saturated heterocycles. The lowest BCUT2D eigenvalue weighted by Gasteiger charge is -2.37. The number of carboxylic acids is 1. The van der Waals surface area contributed by atoms with E-state index in [1.165, 1.54) is 6.42 Å². The molecule has 0 unspecified atom stereocenters. The molecule has 1 aliphatic rings. The van der Waals surface area contributed by atoms with Crippen molar-refractivity contribution in [3.05, 3.63) is 0 Å². The van der Waals surface area contributed by atoms with Gasteiger partial charge < -0.3 is 15.7 Å². The van der Waals surface area contributed by atoms with E-state index in [2.05, 4.69) is 17.6 Å². The molecule has 0 spiro atoms. The molecule has 3 N–H and O–H groups in total. The highest BCUT2D eigenvalue weighted by molar-refractivity contribution is 5.86. The lowest BCUT2D eigenvalue weighted by molar-refractivity contribution is -0.137. The highest BCUT2D eigenvalue weighted by atomic mass is 16.4. The molecular formula is C16H30N2O3. The zero-order valence-electron chi connectivity index (χ0n) is 13.2. The standard InChI is InChI=1S/C16H30N2O3/c1-2-3-12-17-15(21)16(10-6-4-7-11-16)18-13-8-5-9-14(19)20/h18H,2-13H2,1H3,(H,17,21)(H,19,20). The van der Waals surface area contributed by atoms with Crippen molar-refractivity contribution >= 4 is 11.9 Å². The van der Waals surface area contributed by atoms with Crippen LogP contribution >= 0.6 is 0 Å². The van der Waals surface area contributed by atoms with Crippen molar-refractivity contribution in [2.75, 3.05) is 13.1 Å². The molecule has 0 aromatic rings. The van der Waals surface area contributed by atoms with Crippen LogP contribution in [-0.2, 0) is 9.59 Å². The highest BCUT2D eigenvalue weighted by Gasteiger charge is 2.38. The molecule has 0 aromatic carbocycles. The summed E-state index contributed by atoms with van der Waals surface area (Å²) in [6.45, 7) is 3.58. The van der Waals surface area contributed by atoms with Crippen LogP contribution in [0.1, 0.15) is 71.1 Å². The minimum atomic E-state index is -0.750. The number of unbranched alkanes of at least 4 members (excludes halogenated alkanes) is 2. The van der Waals surface area contributed by atoms with Gasteiger partial charge in [-0.1, -0.05) is 32.6 Å². The zero-order chi connectivity index (χ0) is 15.6. The second-order valence-corrected chi connectivity index (χ2v) is 6.03. The van der Waals surface area contributed by atoms with Gasteiger partial charge in [-0.2, -0.15) is 0 Å². The van der Waals surface area contributed by atoms with E-state index in [0.29, 0.717) is 13.0 Å². The van der Waals surface area contributed by atoms with Crippen LogP contribution in [0, 0.1) is 0 Å². The largest absolute Gasteiger partial charge is 0.481 e. The Bertz CT molecular complexity index is 325. The molecule has 0 bridgehead atoms. The van der Waals surface area contributed by atoms with Gasteiger partial charge in [0, 0.05) is 13.0 Å². The molecule has 5 nitrogen and oxygen atoms in total. The van der Waals surface area contributed by atoms with Crippen LogP contribution in [0.4, 0.5) is 0 Å². The number of carbonyl (C=O) groups excluding carboxylic acids is 1. The van der Waals surface area contributed by atoms with Gasteiger partial charge in [0.25, 0.3) is 0 Å². The maximum Gasteiger partial charge on any atom is 0.303 e. The van der Waals surface area contributed by atoms with Crippen molar-refractivity contribution in [3.63, 3.8) is 0 Å². The molecule has 0 atom stereocenters. The molecule has 1 aliphatic carbocycles. The second kappa shape index (κ2) is 9.77. The molecule has 1 saturated carbocycles. The van der Waals surface area contributed by atoms with Gasteiger partial charge in [-0.3, -0.25) is 9.59 Å². The third-order valence-corrected chi connectivity index (χ3v) is 4.24. The molecular weight excluding hydrogens is 268 g/mol. The van der Waals surface area contributed by atoms with Gasteiger partial charge in [-0.25, -0.2) is 0 Å². The fourth-order valence-corrected chi connectivity index (χ4v) is 2.92. The summed E-state index contributed by atoms with van der Waals surface area (Å²) in [4.78, 5) is 23.0. The maximum absolute atomic E-state index is 12.5. The number of carbonyl (C=O) groups is 2. The monoisotopic (exact) mass is 298 g/mol. The Kier molecular flexibility index (Phi) is 8.35. The number of hydrogen-bond acceptors (Lipinski definition) is 3. The fraction of sp³-hybridized carbons (Fsp3) is 0.875. The van der Waals surface area contributed by atoms with Crippen LogP contribution < -0.4 is 10.6 Å². The Balaban J connectivity index is 2.41. The third-order valence-electron chi connectivity index (χ3n) is 4.24. The van der Waals surface area contributed by atoms with Crippen LogP contribution in [0.2, 0.25) is 0 Å². The molecule has 0 aliphatic heterocycles. The first-order valence-electron chi connectivity index (χ1n) is 8.36. The first-order chi connectivity index (χ1) is 10.1. The Hall–Kier alpha value is -1.10. The summed E-state index contributed by atoms with van der Waals surface area (Å²) in [6.07, 6.45) is 8.92. The van der Waals surface area contributed by atoms with Crippen LogP contribution in [0.5, 0.6) is 0 Å². The quantitative estimate of drug-likeness (QED) is 0.541. The summed E-state index contributed by atoms with van der Waals surface area (Å²) in [7, 11) is 0. The summed E-state index contributed by atoms with van der Waals surface area (Å²) >= 11 is 0. The molecule has 1 amide bonds. The second-order valence-electron chi connectivity index (χ2n) is 6.03. The van der Waals surface area contributed by atoms with Gasteiger partial charge in [0.1, 0.15) is 0 Å². The number of aliphatic carboxylic acids is 1. The third kappa shape index (κ3) is 6.46. The van der Waals surface area contributed by atoms with Gasteiger partial charge in [-0.05, 0) is 38.6 Å². The number of nitrogens with one attached hydrogen (secondary N) is 2. The first kappa shape index (κ1) is 18.0. The Morgan fingerprint density at radius 3 is 2.38 bits per heavy atom. The zero-order valence-corrected chi connectivity index (χ0v) is 13.2. The summed E-state index contributed by atoms with van der Waals surface area (Å²) in [5.74, 6) is -0.617. The average molecular weight is 298 g/mol. The topological polar surface area (TPSA) is 78.4 Å². The van der Waals surface area contributed by atoms with Gasteiger partial charge in [0.05, 0.1) is 5.54 Å². The summed E-state index contributed by atoms with van der Waals surface area (Å²) in [5, 5.41) is 15.1. The summed E-state index contributed by atoms with van der Waals surface area (Å²) in [5.41, 5.74) is -0.421. The predicted molar refractivity (Wildman–Crippen MR) is 83.2 cm³/mol. The predicted octanol–water partition coefficient (Wildman–Crippen LogP) is 2.45. The van der Waals surface area contributed by atoms with E-state index in [1.54, 1.807) is 0 Å². The van der Waals surface area contributed by atoms with Crippen LogP contribution in [-0.4, -0.2) is 35.6 Å². The van der Waals surface area contributed by atoms with E-state index in [4.69, 9.17) is 5.11 Å². The van der Waals surface area contributed by atoms with Crippen molar-refractivity contribution in [2.45, 2.75) is 76.7 Å². The average Bonchev–Trinajstić information content (AvgIpc) is 2.47. The molecule has 0 heterocycles. The summed E-state index contributed by atoms with van der Waals surface area (Å²) in [6, 6.07) is 0. The van der Waals surface area contributed by atoms with E-state index in [0.717, 1.165) is 51.5 Å². The van der Waals surface area contributed by atoms with Crippen molar-refractivity contribution in [3.8, 4) is 0 Å². The van der Waals surface area contributed by atoms with Crippen LogP contribution in [0.15, 0.2) is 0 Å². The van der Waals surface area contributed by atoms with E-state index >= 15 is 0 Å². The van der Waals surface area contributed by atoms with Gasteiger partial charge in [0.2, 0.25) is 5.91 Å². The Morgan fingerprint density at radius 2 is 1.76 bits per heavy atom. The van der Waals surface area contributed by atoms with Gasteiger partial charge >= 0.3 is 5.97 Å². The van der Waals surface area contributed by atoms with Crippen molar-refractivity contribution in [1.82, 2.24) is 10.6 Å². The molecule has 0 radical (unpaired) electrons. The lowest BCUT2D eigenvalue weighted by atomic mass is 9.80. The first-order valence-corrected chi connectivity index (χ1v) is 8.36. The van der Waals surface area contributed by atoms with Crippen molar-refractivity contribution in [2.24, 2.45) is 0 Å². The Morgan fingerprint density at radius 1 is 1.05 bits per heavy atom. The Labute approximate surface area is 127 Å². The molecule has 122 valence electrons. The number of rotatable bonds is 10. The van der Waals surface area contributed by atoms with E-state index in [1.807, 2.05) is 0 Å². The summed E-state index contributed by atoms with van der Waals surface area (Å²) < 4.78 is 0. The van der Waals surface area contributed by atoms with E-state index in [9.17, 15) is 9.59 Å². The van der Waals surface area contributed by atoms with Gasteiger partial charge in [0.15, 0.2) is 0 Å². The lowest BCUT2D eigenvalue weighted by Crippen LogP contribution is -2.58. The van der Waals surface area contributed by atoms with Gasteiger partial charge in [-0.15, -0.1) is 0 Å². The fourth-order valence-electron chi connectivity index (χ4n) is 2.92. The van der Waals surface area contributed by atoms with E-state index in [-0.39, 0.29) is 12.3 Å². The minimum Gasteiger partial charge on any atom is -0.481 e. The van der Waals surface area contributed by atoms with E-state index < -0.39 is 11.5 Å². The van der Waals surface area contributed by atoms with Crippen molar-refractivity contribution in [1.29, 1.82) is 0 Å². The molecule has 1 fully saturated rings. The van der Waals surface area contributed by atoms with Crippen LogP contribution in [0.3, 0.4) is 0 Å².